The van der Waals surface area contributed by atoms with Crippen molar-refractivity contribution in [1.82, 2.24) is 10.2 Å². The minimum absolute atomic E-state index is 0.173. The summed E-state index contributed by atoms with van der Waals surface area (Å²) >= 11 is 0. The van der Waals surface area contributed by atoms with Crippen LogP contribution in [-0.2, 0) is 6.54 Å². The Morgan fingerprint density at radius 3 is 2.39 bits per heavy atom. The Balaban J connectivity index is 2.39. The van der Waals surface area contributed by atoms with E-state index in [0.717, 1.165) is 25.1 Å². The molecule has 0 amide bonds. The lowest BCUT2D eigenvalue weighted by atomic mass is 10.2. The summed E-state index contributed by atoms with van der Waals surface area (Å²) in [5.41, 5.74) is 1.15. The third-order valence-electron chi connectivity index (χ3n) is 3.47. The van der Waals surface area contributed by atoms with Gasteiger partial charge in [-0.05, 0) is 45.0 Å². The first kappa shape index (κ1) is 15.1. The van der Waals surface area contributed by atoms with E-state index in [1.807, 2.05) is 12.1 Å². The van der Waals surface area contributed by atoms with Gasteiger partial charge in [0.05, 0.1) is 0 Å². The van der Waals surface area contributed by atoms with Gasteiger partial charge in [0.2, 0.25) is 0 Å². The molecule has 1 rings (SSSR count). The summed E-state index contributed by atoms with van der Waals surface area (Å²) in [6.45, 7) is 8.42. The molecule has 0 saturated heterocycles. The van der Waals surface area contributed by atoms with E-state index in [1.54, 1.807) is 0 Å². The predicted octanol–water partition coefficient (Wildman–Crippen LogP) is 3.03. The summed E-state index contributed by atoms with van der Waals surface area (Å²) in [4.78, 5) is 2.28. The molecule has 18 heavy (non-hydrogen) atoms. The summed E-state index contributed by atoms with van der Waals surface area (Å²) in [5, 5.41) is 3.51. The van der Waals surface area contributed by atoms with Crippen LogP contribution in [0.5, 0.6) is 0 Å². The van der Waals surface area contributed by atoms with Crippen LogP contribution in [0.15, 0.2) is 24.3 Å². The Bertz CT molecular complexity index is 337. The van der Waals surface area contributed by atoms with Crippen LogP contribution in [0.3, 0.4) is 0 Å². The first-order chi connectivity index (χ1) is 8.52. The lowest BCUT2D eigenvalue weighted by molar-refractivity contribution is 0.237. The first-order valence-electron chi connectivity index (χ1n) is 6.71. The second-order valence-corrected chi connectivity index (χ2v) is 5.11. The number of halogens is 1. The fourth-order valence-corrected chi connectivity index (χ4v) is 1.71. The van der Waals surface area contributed by atoms with Gasteiger partial charge >= 0.3 is 0 Å². The quantitative estimate of drug-likeness (QED) is 0.802. The van der Waals surface area contributed by atoms with Crippen LogP contribution in [0.4, 0.5) is 4.39 Å². The van der Waals surface area contributed by atoms with Crippen molar-refractivity contribution in [2.24, 2.45) is 0 Å². The maximum atomic E-state index is 12.8. The van der Waals surface area contributed by atoms with Crippen molar-refractivity contribution in [1.29, 1.82) is 0 Å². The van der Waals surface area contributed by atoms with E-state index >= 15 is 0 Å². The molecular formula is C15H25FN2. The average Bonchev–Trinajstić information content (AvgIpc) is 2.38. The van der Waals surface area contributed by atoms with Gasteiger partial charge < -0.3 is 5.32 Å². The molecule has 0 aliphatic rings. The van der Waals surface area contributed by atoms with Crippen molar-refractivity contribution >= 4 is 0 Å². The average molecular weight is 252 g/mol. The molecule has 3 heteroatoms. The summed E-state index contributed by atoms with van der Waals surface area (Å²) in [6.07, 6.45) is 1.15. The standard InChI is InChI=1S/C15H25FN2/c1-5-12(2)17-10-13(3)18(4)11-14-6-8-15(16)9-7-14/h6-9,12-13,17H,5,10-11H2,1-4H3. The lowest BCUT2D eigenvalue weighted by Crippen LogP contribution is -2.40. The molecule has 1 N–H and O–H groups in total. The zero-order chi connectivity index (χ0) is 13.5. The highest BCUT2D eigenvalue weighted by atomic mass is 19.1. The maximum absolute atomic E-state index is 12.8. The number of nitrogens with one attached hydrogen (secondary N) is 1. The first-order valence-corrected chi connectivity index (χ1v) is 6.71. The predicted molar refractivity (Wildman–Crippen MR) is 75.1 cm³/mol. The highest BCUT2D eigenvalue weighted by Crippen LogP contribution is 2.07. The van der Waals surface area contributed by atoms with Crippen LogP contribution in [0.2, 0.25) is 0 Å². The molecule has 1 aromatic rings. The molecule has 2 nitrogen and oxygen atoms in total. The Labute approximate surface area is 110 Å². The molecular weight excluding hydrogens is 227 g/mol. The fraction of sp³-hybridized carbons (Fsp3) is 0.600. The number of nitrogens with zero attached hydrogens (tertiary/aromatic N) is 1. The van der Waals surface area contributed by atoms with Gasteiger partial charge in [0.1, 0.15) is 5.82 Å². The smallest absolute Gasteiger partial charge is 0.123 e. The van der Waals surface area contributed by atoms with Gasteiger partial charge in [-0.2, -0.15) is 0 Å². The summed E-state index contributed by atoms with van der Waals surface area (Å²) in [6, 6.07) is 7.76. The van der Waals surface area contributed by atoms with Gasteiger partial charge in [-0.1, -0.05) is 19.1 Å². The van der Waals surface area contributed by atoms with Crippen molar-refractivity contribution in [2.45, 2.75) is 45.8 Å². The molecule has 0 aliphatic heterocycles. The van der Waals surface area contributed by atoms with Crippen molar-refractivity contribution < 1.29 is 4.39 Å². The number of likely N-dealkylation sites (N-methyl/N-ethyl adjacent to an activating group) is 1. The molecule has 0 spiro atoms. The highest BCUT2D eigenvalue weighted by molar-refractivity contribution is 5.15. The molecule has 2 atom stereocenters. The molecule has 0 bridgehead atoms. The van der Waals surface area contributed by atoms with E-state index in [9.17, 15) is 4.39 Å². The van der Waals surface area contributed by atoms with E-state index in [-0.39, 0.29) is 5.82 Å². The minimum atomic E-state index is -0.173. The molecule has 1 aromatic carbocycles. The molecule has 0 aliphatic carbocycles. The molecule has 0 fully saturated rings. The van der Waals surface area contributed by atoms with E-state index in [1.165, 1.54) is 12.1 Å². The summed E-state index contributed by atoms with van der Waals surface area (Å²) < 4.78 is 12.8. The zero-order valence-corrected chi connectivity index (χ0v) is 11.9. The van der Waals surface area contributed by atoms with Crippen LogP contribution in [0.1, 0.15) is 32.8 Å². The largest absolute Gasteiger partial charge is 0.313 e. The van der Waals surface area contributed by atoms with Crippen molar-refractivity contribution in [2.75, 3.05) is 13.6 Å². The second kappa shape index (κ2) is 7.49. The van der Waals surface area contributed by atoms with Gasteiger partial charge in [0, 0.05) is 25.2 Å². The Kier molecular flexibility index (Phi) is 6.30. The Morgan fingerprint density at radius 2 is 1.83 bits per heavy atom. The highest BCUT2D eigenvalue weighted by Gasteiger charge is 2.10. The van der Waals surface area contributed by atoms with Gasteiger partial charge in [0.15, 0.2) is 0 Å². The van der Waals surface area contributed by atoms with Crippen molar-refractivity contribution in [3.8, 4) is 0 Å². The van der Waals surface area contributed by atoms with E-state index in [0.29, 0.717) is 12.1 Å². The van der Waals surface area contributed by atoms with E-state index < -0.39 is 0 Å². The monoisotopic (exact) mass is 252 g/mol. The van der Waals surface area contributed by atoms with Crippen molar-refractivity contribution in [3.05, 3.63) is 35.6 Å². The topological polar surface area (TPSA) is 15.3 Å². The van der Waals surface area contributed by atoms with Crippen LogP contribution < -0.4 is 5.32 Å². The molecule has 0 aromatic heterocycles. The molecule has 0 heterocycles. The number of hydrogen-bond acceptors (Lipinski definition) is 2. The number of benzene rings is 1. The number of hydrogen-bond donors (Lipinski definition) is 1. The van der Waals surface area contributed by atoms with E-state index in [2.05, 4.69) is 38.0 Å². The zero-order valence-electron chi connectivity index (χ0n) is 11.9. The lowest BCUT2D eigenvalue weighted by Gasteiger charge is -2.26. The SMILES string of the molecule is CCC(C)NCC(C)N(C)Cc1ccc(F)cc1. The van der Waals surface area contributed by atoms with Crippen molar-refractivity contribution in [3.63, 3.8) is 0 Å². The van der Waals surface area contributed by atoms with Crippen LogP contribution in [0, 0.1) is 5.82 Å². The molecule has 102 valence electrons. The maximum Gasteiger partial charge on any atom is 0.123 e. The Hall–Kier alpha value is -0.930. The number of rotatable bonds is 7. The normalized spacial score (nSPS) is 14.8. The van der Waals surface area contributed by atoms with Gasteiger partial charge in [-0.3, -0.25) is 4.90 Å². The van der Waals surface area contributed by atoms with Gasteiger partial charge in [-0.15, -0.1) is 0 Å². The van der Waals surface area contributed by atoms with Gasteiger partial charge in [-0.25, -0.2) is 4.39 Å². The fourth-order valence-electron chi connectivity index (χ4n) is 1.71. The third kappa shape index (κ3) is 5.15. The summed E-state index contributed by atoms with van der Waals surface area (Å²) in [7, 11) is 2.10. The summed E-state index contributed by atoms with van der Waals surface area (Å²) in [5.74, 6) is -0.173. The molecule has 2 unspecified atom stereocenters. The third-order valence-corrected chi connectivity index (χ3v) is 3.47. The van der Waals surface area contributed by atoms with E-state index in [4.69, 9.17) is 0 Å². The van der Waals surface area contributed by atoms with Gasteiger partial charge in [0.25, 0.3) is 0 Å². The molecule has 0 saturated carbocycles. The second-order valence-electron chi connectivity index (χ2n) is 5.11. The molecule has 0 radical (unpaired) electrons. The van der Waals surface area contributed by atoms with Crippen LogP contribution in [0.25, 0.3) is 0 Å². The minimum Gasteiger partial charge on any atom is -0.313 e. The van der Waals surface area contributed by atoms with Crippen LogP contribution >= 0.6 is 0 Å². The Morgan fingerprint density at radius 1 is 1.22 bits per heavy atom. The van der Waals surface area contributed by atoms with Crippen LogP contribution in [-0.4, -0.2) is 30.6 Å².